The zero-order valence-corrected chi connectivity index (χ0v) is 7.04. The Kier molecular flexibility index (Phi) is 3.05. The summed E-state index contributed by atoms with van der Waals surface area (Å²) >= 11 is 0. The van der Waals surface area contributed by atoms with Gasteiger partial charge in [-0.15, -0.1) is 0 Å². The molecule has 0 aromatic carbocycles. The second-order valence-corrected chi connectivity index (χ2v) is 2.56. The Labute approximate surface area is 67.7 Å². The molecule has 1 aromatic heterocycles. The number of pyridine rings is 1. The molecule has 0 saturated heterocycles. The van der Waals surface area contributed by atoms with Crippen LogP contribution in [0.3, 0.4) is 0 Å². The van der Waals surface area contributed by atoms with Gasteiger partial charge < -0.3 is 5.32 Å². The first kappa shape index (κ1) is 8.21. The van der Waals surface area contributed by atoms with Crippen LogP contribution in [0.15, 0.2) is 24.5 Å². The summed E-state index contributed by atoms with van der Waals surface area (Å²) in [4.78, 5) is 3.96. The molecule has 1 aromatic rings. The van der Waals surface area contributed by atoms with Crippen LogP contribution in [0.4, 0.5) is 0 Å². The van der Waals surface area contributed by atoms with E-state index in [-0.39, 0.29) is 0 Å². The molecule has 0 radical (unpaired) electrons. The van der Waals surface area contributed by atoms with Crippen molar-refractivity contribution in [2.45, 2.75) is 19.9 Å². The van der Waals surface area contributed by atoms with Gasteiger partial charge in [0.25, 0.3) is 0 Å². The summed E-state index contributed by atoms with van der Waals surface area (Å²) in [6.07, 6.45) is 3.65. The highest BCUT2D eigenvalue weighted by Crippen LogP contribution is 2.08. The summed E-state index contributed by atoms with van der Waals surface area (Å²) in [5.74, 6) is 0. The lowest BCUT2D eigenvalue weighted by molar-refractivity contribution is 0.597. The molecular formula is C9H14N2. The van der Waals surface area contributed by atoms with Crippen molar-refractivity contribution in [2.24, 2.45) is 0 Å². The number of nitrogens with zero attached hydrogens (tertiary/aromatic N) is 1. The predicted molar refractivity (Wildman–Crippen MR) is 46.3 cm³/mol. The molecule has 1 atom stereocenters. The number of aromatic nitrogens is 1. The first-order valence-corrected chi connectivity index (χ1v) is 3.98. The van der Waals surface area contributed by atoms with Crippen LogP contribution in [0.2, 0.25) is 0 Å². The van der Waals surface area contributed by atoms with Gasteiger partial charge in [0.2, 0.25) is 0 Å². The van der Waals surface area contributed by atoms with E-state index in [0.29, 0.717) is 6.04 Å². The van der Waals surface area contributed by atoms with Gasteiger partial charge >= 0.3 is 0 Å². The van der Waals surface area contributed by atoms with Crippen LogP contribution in [-0.2, 0) is 0 Å². The topological polar surface area (TPSA) is 24.9 Å². The van der Waals surface area contributed by atoms with Gasteiger partial charge in [-0.1, -0.05) is 6.92 Å². The van der Waals surface area contributed by atoms with Gasteiger partial charge in [0, 0.05) is 18.4 Å². The molecule has 2 heteroatoms. The molecule has 11 heavy (non-hydrogen) atoms. The molecule has 0 aliphatic rings. The van der Waals surface area contributed by atoms with Crippen molar-refractivity contribution in [2.75, 3.05) is 6.54 Å². The highest BCUT2D eigenvalue weighted by atomic mass is 14.9. The maximum atomic E-state index is 3.96. The van der Waals surface area contributed by atoms with Crippen LogP contribution in [0.25, 0.3) is 0 Å². The lowest BCUT2D eigenvalue weighted by Gasteiger charge is -2.11. The summed E-state index contributed by atoms with van der Waals surface area (Å²) < 4.78 is 0. The van der Waals surface area contributed by atoms with Crippen LogP contribution in [0.5, 0.6) is 0 Å². The van der Waals surface area contributed by atoms with Crippen LogP contribution < -0.4 is 5.32 Å². The van der Waals surface area contributed by atoms with E-state index in [1.165, 1.54) is 5.56 Å². The maximum Gasteiger partial charge on any atom is 0.0292 e. The molecule has 0 aliphatic heterocycles. The van der Waals surface area contributed by atoms with Gasteiger partial charge in [-0.05, 0) is 31.2 Å². The lowest BCUT2D eigenvalue weighted by atomic mass is 10.1. The Morgan fingerprint density at radius 1 is 1.45 bits per heavy atom. The summed E-state index contributed by atoms with van der Waals surface area (Å²) in [6.45, 7) is 5.26. The number of hydrogen-bond donors (Lipinski definition) is 1. The molecule has 0 spiro atoms. The van der Waals surface area contributed by atoms with E-state index < -0.39 is 0 Å². The van der Waals surface area contributed by atoms with Crippen LogP contribution >= 0.6 is 0 Å². The average Bonchev–Trinajstić information content (AvgIpc) is 2.07. The summed E-state index contributed by atoms with van der Waals surface area (Å²) in [7, 11) is 0. The fourth-order valence-corrected chi connectivity index (χ4v) is 1.08. The molecule has 2 nitrogen and oxygen atoms in total. The quantitative estimate of drug-likeness (QED) is 0.710. The minimum atomic E-state index is 0.433. The number of nitrogens with one attached hydrogen (secondary N) is 1. The van der Waals surface area contributed by atoms with Gasteiger partial charge in [-0.25, -0.2) is 0 Å². The maximum absolute atomic E-state index is 3.96. The minimum absolute atomic E-state index is 0.433. The Balaban J connectivity index is 2.61. The third-order valence-corrected chi connectivity index (χ3v) is 1.72. The standard InChI is InChI=1S/C9H14N2/c1-3-11-8(2)9-4-6-10-7-5-9/h4-8,11H,3H2,1-2H3/t8-/m1/s1. The predicted octanol–water partition coefficient (Wildman–Crippen LogP) is 1.75. The second-order valence-electron chi connectivity index (χ2n) is 2.56. The van der Waals surface area contributed by atoms with Crippen LogP contribution in [0.1, 0.15) is 25.5 Å². The molecule has 1 N–H and O–H groups in total. The van der Waals surface area contributed by atoms with Crippen molar-refractivity contribution in [3.63, 3.8) is 0 Å². The molecule has 0 bridgehead atoms. The normalized spacial score (nSPS) is 12.9. The molecule has 1 rings (SSSR count). The molecule has 1 heterocycles. The van der Waals surface area contributed by atoms with E-state index >= 15 is 0 Å². The van der Waals surface area contributed by atoms with E-state index in [0.717, 1.165) is 6.54 Å². The first-order chi connectivity index (χ1) is 5.34. The molecule has 0 unspecified atom stereocenters. The molecule has 60 valence electrons. The summed E-state index contributed by atoms with van der Waals surface area (Å²) in [5, 5.41) is 3.33. The third kappa shape index (κ3) is 2.31. The largest absolute Gasteiger partial charge is 0.310 e. The molecule has 0 amide bonds. The average molecular weight is 150 g/mol. The van der Waals surface area contributed by atoms with Crippen molar-refractivity contribution in [1.82, 2.24) is 10.3 Å². The van der Waals surface area contributed by atoms with Gasteiger partial charge in [0.1, 0.15) is 0 Å². The van der Waals surface area contributed by atoms with Crippen LogP contribution in [0, 0.1) is 0 Å². The SMILES string of the molecule is CCN[C@H](C)c1ccncc1. The smallest absolute Gasteiger partial charge is 0.0292 e. The molecule has 0 aliphatic carbocycles. The molecule has 0 saturated carbocycles. The third-order valence-electron chi connectivity index (χ3n) is 1.72. The number of hydrogen-bond acceptors (Lipinski definition) is 2. The van der Waals surface area contributed by atoms with Gasteiger partial charge in [0.15, 0.2) is 0 Å². The highest BCUT2D eigenvalue weighted by Gasteiger charge is 2.00. The monoisotopic (exact) mass is 150 g/mol. The van der Waals surface area contributed by atoms with Crippen molar-refractivity contribution in [1.29, 1.82) is 0 Å². The van der Waals surface area contributed by atoms with E-state index in [2.05, 4.69) is 24.1 Å². The summed E-state index contributed by atoms with van der Waals surface area (Å²) in [6, 6.07) is 4.50. The Hall–Kier alpha value is -0.890. The van der Waals surface area contributed by atoms with Crippen molar-refractivity contribution in [3.8, 4) is 0 Å². The lowest BCUT2D eigenvalue weighted by Crippen LogP contribution is -2.17. The Morgan fingerprint density at radius 2 is 2.09 bits per heavy atom. The second kappa shape index (κ2) is 4.09. The van der Waals surface area contributed by atoms with Crippen LogP contribution in [-0.4, -0.2) is 11.5 Å². The van der Waals surface area contributed by atoms with E-state index in [1.54, 1.807) is 0 Å². The fourth-order valence-electron chi connectivity index (χ4n) is 1.08. The van der Waals surface area contributed by atoms with E-state index in [4.69, 9.17) is 0 Å². The molecular weight excluding hydrogens is 136 g/mol. The Morgan fingerprint density at radius 3 is 2.64 bits per heavy atom. The first-order valence-electron chi connectivity index (χ1n) is 3.98. The molecule has 0 fully saturated rings. The number of rotatable bonds is 3. The zero-order valence-electron chi connectivity index (χ0n) is 7.04. The minimum Gasteiger partial charge on any atom is -0.310 e. The fraction of sp³-hybridized carbons (Fsp3) is 0.444. The van der Waals surface area contributed by atoms with Gasteiger partial charge in [0.05, 0.1) is 0 Å². The van der Waals surface area contributed by atoms with Gasteiger partial charge in [-0.2, -0.15) is 0 Å². The summed E-state index contributed by atoms with van der Waals surface area (Å²) in [5.41, 5.74) is 1.29. The van der Waals surface area contributed by atoms with Gasteiger partial charge in [-0.3, -0.25) is 4.98 Å². The van der Waals surface area contributed by atoms with E-state index in [1.807, 2.05) is 24.5 Å². The Bertz CT molecular complexity index is 196. The van der Waals surface area contributed by atoms with Crippen molar-refractivity contribution in [3.05, 3.63) is 30.1 Å². The zero-order chi connectivity index (χ0) is 8.10. The highest BCUT2D eigenvalue weighted by molar-refractivity contribution is 5.13. The van der Waals surface area contributed by atoms with Crippen molar-refractivity contribution >= 4 is 0 Å². The van der Waals surface area contributed by atoms with Crippen molar-refractivity contribution < 1.29 is 0 Å². The van der Waals surface area contributed by atoms with E-state index in [9.17, 15) is 0 Å².